The molecule has 3 fully saturated rings. The van der Waals surface area contributed by atoms with Crippen LogP contribution in [0.5, 0.6) is 0 Å². The molecule has 0 saturated heterocycles. The van der Waals surface area contributed by atoms with Gasteiger partial charge in [0, 0.05) is 11.6 Å². The van der Waals surface area contributed by atoms with Crippen LogP contribution in [0.2, 0.25) is 0 Å². The van der Waals surface area contributed by atoms with E-state index >= 15 is 0 Å². The number of aliphatic hydroxyl groups is 1. The smallest absolute Gasteiger partial charge is 0.0616 e. The first kappa shape index (κ1) is 7.34. The van der Waals surface area contributed by atoms with Crippen molar-refractivity contribution in [1.29, 1.82) is 0 Å². The quantitative estimate of drug-likeness (QED) is 0.654. The summed E-state index contributed by atoms with van der Waals surface area (Å²) >= 11 is 0. The van der Waals surface area contributed by atoms with Crippen LogP contribution in [-0.2, 0) is 0 Å². The second-order valence-electron chi connectivity index (χ2n) is 4.87. The maximum Gasteiger partial charge on any atom is 0.0616 e. The number of nitrogens with one attached hydrogen (secondary N) is 1. The van der Waals surface area contributed by atoms with Gasteiger partial charge >= 0.3 is 0 Å². The molecule has 3 atom stereocenters. The van der Waals surface area contributed by atoms with Crippen LogP contribution in [0.3, 0.4) is 0 Å². The summed E-state index contributed by atoms with van der Waals surface area (Å²) in [4.78, 5) is 0. The molecule has 68 valence electrons. The van der Waals surface area contributed by atoms with Crippen LogP contribution in [0.1, 0.15) is 32.1 Å². The summed E-state index contributed by atoms with van der Waals surface area (Å²) in [6.07, 6.45) is 6.61. The molecule has 3 saturated carbocycles. The Kier molecular flexibility index (Phi) is 1.37. The number of hydrogen-bond donors (Lipinski definition) is 2. The average molecular weight is 167 g/mol. The summed E-state index contributed by atoms with van der Waals surface area (Å²) in [6, 6.07) is 0.747. The molecule has 0 radical (unpaired) electrons. The van der Waals surface area contributed by atoms with Gasteiger partial charge in [0.2, 0.25) is 0 Å². The average Bonchev–Trinajstić information content (AvgIpc) is 2.93. The fraction of sp³-hybridized carbons (Fsp3) is 1.00. The number of fused-ring (bicyclic) bond motifs is 1. The monoisotopic (exact) mass is 167 g/mol. The van der Waals surface area contributed by atoms with Gasteiger partial charge in [-0.2, -0.15) is 0 Å². The van der Waals surface area contributed by atoms with Gasteiger partial charge in [0.15, 0.2) is 0 Å². The first-order valence-corrected chi connectivity index (χ1v) is 5.23. The van der Waals surface area contributed by atoms with Crippen molar-refractivity contribution >= 4 is 0 Å². The topological polar surface area (TPSA) is 32.3 Å². The Bertz CT molecular complexity index is 202. The van der Waals surface area contributed by atoms with Gasteiger partial charge in [-0.05, 0) is 43.9 Å². The van der Waals surface area contributed by atoms with Crippen LogP contribution in [0.4, 0.5) is 0 Å². The minimum Gasteiger partial charge on any atom is -0.394 e. The molecule has 0 aromatic rings. The largest absolute Gasteiger partial charge is 0.394 e. The van der Waals surface area contributed by atoms with E-state index in [0.29, 0.717) is 6.61 Å². The fourth-order valence-electron chi connectivity index (χ4n) is 2.93. The number of hydrogen-bond acceptors (Lipinski definition) is 2. The number of aliphatic hydroxyl groups excluding tert-OH is 1. The van der Waals surface area contributed by atoms with Gasteiger partial charge in [0.05, 0.1) is 6.61 Å². The lowest BCUT2D eigenvalue weighted by molar-refractivity contribution is 0.143. The highest BCUT2D eigenvalue weighted by molar-refractivity contribution is 5.13. The summed E-state index contributed by atoms with van der Waals surface area (Å²) in [5.74, 6) is 1.78. The molecule has 2 N–H and O–H groups in total. The first-order valence-electron chi connectivity index (χ1n) is 5.23. The Hall–Kier alpha value is -0.0800. The Balaban J connectivity index is 1.73. The van der Waals surface area contributed by atoms with Gasteiger partial charge in [-0.25, -0.2) is 0 Å². The molecule has 0 heterocycles. The van der Waals surface area contributed by atoms with Crippen molar-refractivity contribution < 1.29 is 5.11 Å². The highest BCUT2D eigenvalue weighted by Gasteiger charge is 2.58. The summed E-state index contributed by atoms with van der Waals surface area (Å²) in [5.41, 5.74) is 0.159. The van der Waals surface area contributed by atoms with E-state index in [1.165, 1.54) is 32.1 Å². The molecule has 2 nitrogen and oxygen atoms in total. The van der Waals surface area contributed by atoms with Crippen molar-refractivity contribution in [2.75, 3.05) is 6.61 Å². The Morgan fingerprint density at radius 3 is 2.58 bits per heavy atom. The van der Waals surface area contributed by atoms with Crippen molar-refractivity contribution in [3.63, 3.8) is 0 Å². The Morgan fingerprint density at radius 1 is 1.33 bits per heavy atom. The Labute approximate surface area is 73.4 Å². The van der Waals surface area contributed by atoms with E-state index in [2.05, 4.69) is 5.32 Å². The lowest BCUT2D eigenvalue weighted by Gasteiger charge is -2.30. The van der Waals surface area contributed by atoms with E-state index in [1.807, 2.05) is 0 Å². The SMILES string of the molecule is OCC1(NC2CC2)CCC2CC21. The van der Waals surface area contributed by atoms with Crippen molar-refractivity contribution in [3.05, 3.63) is 0 Å². The molecule has 0 bridgehead atoms. The van der Waals surface area contributed by atoms with Crippen molar-refractivity contribution in [1.82, 2.24) is 5.32 Å². The fourth-order valence-corrected chi connectivity index (χ4v) is 2.93. The first-order chi connectivity index (χ1) is 5.84. The van der Waals surface area contributed by atoms with Gasteiger partial charge in [-0.15, -0.1) is 0 Å². The van der Waals surface area contributed by atoms with Gasteiger partial charge < -0.3 is 10.4 Å². The molecular formula is C10H17NO. The minimum absolute atomic E-state index is 0.159. The molecule has 0 spiro atoms. The van der Waals surface area contributed by atoms with E-state index in [4.69, 9.17) is 0 Å². The Morgan fingerprint density at radius 2 is 2.17 bits per heavy atom. The van der Waals surface area contributed by atoms with Gasteiger partial charge in [-0.1, -0.05) is 0 Å². The molecule has 0 amide bonds. The lowest BCUT2D eigenvalue weighted by atomic mass is 9.94. The zero-order valence-electron chi connectivity index (χ0n) is 7.42. The second kappa shape index (κ2) is 2.24. The standard InChI is InChI=1S/C10H17NO/c12-6-10(11-8-1-2-8)4-3-7-5-9(7)10/h7-9,11-12H,1-6H2. The molecule has 0 aliphatic heterocycles. The molecular weight excluding hydrogens is 150 g/mol. The molecule has 0 aromatic carbocycles. The predicted molar refractivity (Wildman–Crippen MR) is 46.8 cm³/mol. The van der Waals surface area contributed by atoms with Crippen LogP contribution in [0.25, 0.3) is 0 Å². The summed E-state index contributed by atoms with van der Waals surface area (Å²) in [5, 5.41) is 13.1. The van der Waals surface area contributed by atoms with Crippen LogP contribution < -0.4 is 5.32 Å². The molecule has 0 aromatic heterocycles. The maximum atomic E-state index is 9.43. The number of rotatable bonds is 3. The molecule has 12 heavy (non-hydrogen) atoms. The van der Waals surface area contributed by atoms with Crippen LogP contribution in [0.15, 0.2) is 0 Å². The molecule has 3 aliphatic rings. The van der Waals surface area contributed by atoms with Crippen LogP contribution in [0, 0.1) is 11.8 Å². The van der Waals surface area contributed by atoms with Crippen LogP contribution >= 0.6 is 0 Å². The van der Waals surface area contributed by atoms with E-state index in [-0.39, 0.29) is 5.54 Å². The maximum absolute atomic E-state index is 9.43. The van der Waals surface area contributed by atoms with Gasteiger partial charge in [0.1, 0.15) is 0 Å². The van der Waals surface area contributed by atoms with Crippen molar-refractivity contribution in [3.8, 4) is 0 Å². The third kappa shape index (κ3) is 0.944. The molecule has 3 rings (SSSR count). The van der Waals surface area contributed by atoms with E-state index in [9.17, 15) is 5.11 Å². The molecule has 3 aliphatic carbocycles. The van der Waals surface area contributed by atoms with Gasteiger partial charge in [0.25, 0.3) is 0 Å². The van der Waals surface area contributed by atoms with Crippen molar-refractivity contribution in [2.45, 2.75) is 43.7 Å². The van der Waals surface area contributed by atoms with E-state index in [0.717, 1.165) is 17.9 Å². The second-order valence-corrected chi connectivity index (χ2v) is 4.87. The zero-order chi connectivity index (χ0) is 8.18. The van der Waals surface area contributed by atoms with E-state index in [1.54, 1.807) is 0 Å². The third-order valence-corrected chi connectivity index (χ3v) is 3.94. The normalized spacial score (nSPS) is 50.8. The third-order valence-electron chi connectivity index (χ3n) is 3.94. The molecule has 2 heteroatoms. The van der Waals surface area contributed by atoms with Gasteiger partial charge in [-0.3, -0.25) is 0 Å². The summed E-state index contributed by atoms with van der Waals surface area (Å²) < 4.78 is 0. The van der Waals surface area contributed by atoms with E-state index < -0.39 is 0 Å². The van der Waals surface area contributed by atoms with Crippen molar-refractivity contribution in [2.24, 2.45) is 11.8 Å². The lowest BCUT2D eigenvalue weighted by Crippen LogP contribution is -2.50. The molecule has 3 unspecified atom stereocenters. The minimum atomic E-state index is 0.159. The predicted octanol–water partition coefficient (Wildman–Crippen LogP) is 0.899. The highest BCUT2D eigenvalue weighted by Crippen LogP contribution is 2.57. The summed E-state index contributed by atoms with van der Waals surface area (Å²) in [7, 11) is 0. The summed E-state index contributed by atoms with van der Waals surface area (Å²) in [6.45, 7) is 0.366. The zero-order valence-corrected chi connectivity index (χ0v) is 7.42. The highest BCUT2D eigenvalue weighted by atomic mass is 16.3. The van der Waals surface area contributed by atoms with Crippen LogP contribution in [-0.4, -0.2) is 23.3 Å².